The summed E-state index contributed by atoms with van der Waals surface area (Å²) in [5.41, 5.74) is 2.78. The van der Waals surface area contributed by atoms with E-state index in [1.807, 2.05) is 18.2 Å². The van der Waals surface area contributed by atoms with Crippen LogP contribution in [-0.4, -0.2) is 29.7 Å². The number of carbonyl (C=O) groups is 1. The lowest BCUT2D eigenvalue weighted by molar-refractivity contribution is -0.138. The lowest BCUT2D eigenvalue weighted by Crippen LogP contribution is -2.32. The van der Waals surface area contributed by atoms with Crippen LogP contribution < -0.4 is 10.1 Å². The Bertz CT molecular complexity index is 624. The number of methoxy groups -OCH3 is 1. The van der Waals surface area contributed by atoms with Gasteiger partial charge in [-0.1, -0.05) is 0 Å². The number of aromatic nitrogens is 1. The monoisotopic (exact) mass is 282 g/mol. The summed E-state index contributed by atoms with van der Waals surface area (Å²) in [5.74, 6) is -0.517. The van der Waals surface area contributed by atoms with Crippen LogP contribution in [0.1, 0.15) is 17.2 Å². The van der Waals surface area contributed by atoms with Gasteiger partial charge in [-0.05, 0) is 17.7 Å². The molecule has 0 aliphatic carbocycles. The number of nitrogens with one attached hydrogen (secondary N) is 2. The molecule has 1 aliphatic heterocycles. The normalized spacial score (nSPS) is 17.6. The molecule has 0 amide bonds. The minimum absolute atomic E-state index is 0. The summed E-state index contributed by atoms with van der Waals surface area (Å²) in [6.45, 7) is 1.15. The molecule has 1 aromatic carbocycles. The zero-order valence-corrected chi connectivity index (χ0v) is 11.2. The summed E-state index contributed by atoms with van der Waals surface area (Å²) < 4.78 is 5.18. The Morgan fingerprint density at radius 2 is 2.26 bits per heavy atom. The molecule has 1 atom stereocenters. The smallest absolute Gasteiger partial charge is 0.312 e. The van der Waals surface area contributed by atoms with Crippen molar-refractivity contribution in [1.82, 2.24) is 10.3 Å². The van der Waals surface area contributed by atoms with Gasteiger partial charge in [0.05, 0.1) is 13.0 Å². The second-order valence-corrected chi connectivity index (χ2v) is 4.45. The van der Waals surface area contributed by atoms with E-state index in [1.165, 1.54) is 0 Å². The van der Waals surface area contributed by atoms with Gasteiger partial charge in [-0.15, -0.1) is 12.4 Å². The Morgan fingerprint density at radius 1 is 1.47 bits per heavy atom. The molecule has 1 aromatic heterocycles. The van der Waals surface area contributed by atoms with Crippen LogP contribution in [0.15, 0.2) is 18.2 Å². The average Bonchev–Trinajstić information content (AvgIpc) is 2.75. The highest BCUT2D eigenvalue weighted by atomic mass is 35.5. The van der Waals surface area contributed by atoms with Crippen LogP contribution in [-0.2, 0) is 11.3 Å². The summed E-state index contributed by atoms with van der Waals surface area (Å²) in [6, 6.07) is 5.68. The van der Waals surface area contributed by atoms with E-state index in [0.29, 0.717) is 13.1 Å². The van der Waals surface area contributed by atoms with Gasteiger partial charge in [0.2, 0.25) is 0 Å². The number of benzene rings is 1. The molecule has 6 heteroatoms. The minimum atomic E-state index is -0.792. The topological polar surface area (TPSA) is 74.3 Å². The molecule has 1 unspecified atom stereocenters. The quantitative estimate of drug-likeness (QED) is 0.786. The number of fused-ring (bicyclic) bond motifs is 3. The number of rotatable bonds is 2. The second-order valence-electron chi connectivity index (χ2n) is 4.45. The molecule has 1 aliphatic rings. The predicted molar refractivity (Wildman–Crippen MR) is 74.2 cm³/mol. The Labute approximate surface area is 116 Å². The highest BCUT2D eigenvalue weighted by Crippen LogP contribution is 2.33. The van der Waals surface area contributed by atoms with Gasteiger partial charge in [0, 0.05) is 35.8 Å². The van der Waals surface area contributed by atoms with Crippen molar-refractivity contribution in [3.8, 4) is 5.75 Å². The fourth-order valence-corrected chi connectivity index (χ4v) is 2.57. The van der Waals surface area contributed by atoms with Gasteiger partial charge in [0.1, 0.15) is 5.75 Å². The van der Waals surface area contributed by atoms with E-state index in [0.717, 1.165) is 27.9 Å². The number of H-pyrrole nitrogens is 1. The largest absolute Gasteiger partial charge is 0.497 e. The first kappa shape index (κ1) is 13.7. The maximum atomic E-state index is 11.3. The van der Waals surface area contributed by atoms with Gasteiger partial charge in [0.25, 0.3) is 0 Å². The van der Waals surface area contributed by atoms with E-state index in [1.54, 1.807) is 7.11 Å². The number of halogens is 1. The predicted octanol–water partition coefficient (Wildman–Crippen LogP) is 1.87. The molecular weight excluding hydrogens is 268 g/mol. The van der Waals surface area contributed by atoms with Crippen molar-refractivity contribution in [1.29, 1.82) is 0 Å². The fraction of sp³-hybridized carbons (Fsp3) is 0.308. The molecule has 0 bridgehead atoms. The lowest BCUT2D eigenvalue weighted by atomic mass is 9.93. The zero-order chi connectivity index (χ0) is 12.7. The number of aliphatic carboxylic acids is 1. The Hall–Kier alpha value is -1.72. The van der Waals surface area contributed by atoms with Gasteiger partial charge >= 0.3 is 5.97 Å². The number of carboxylic acids is 1. The lowest BCUT2D eigenvalue weighted by Gasteiger charge is -2.20. The summed E-state index contributed by atoms with van der Waals surface area (Å²) in [6.07, 6.45) is 0. The number of ether oxygens (including phenoxy) is 1. The van der Waals surface area contributed by atoms with Crippen LogP contribution in [0.3, 0.4) is 0 Å². The molecule has 19 heavy (non-hydrogen) atoms. The molecule has 3 N–H and O–H groups in total. The molecule has 0 fully saturated rings. The minimum Gasteiger partial charge on any atom is -0.497 e. The Balaban J connectivity index is 0.00000133. The SMILES string of the molecule is COc1ccc2c3c([nH]c2c1)CNCC3C(=O)O.Cl. The maximum absolute atomic E-state index is 11.3. The van der Waals surface area contributed by atoms with Crippen LogP contribution >= 0.6 is 12.4 Å². The Kier molecular flexibility index (Phi) is 3.68. The first-order valence-electron chi connectivity index (χ1n) is 5.82. The van der Waals surface area contributed by atoms with Crippen molar-refractivity contribution < 1.29 is 14.6 Å². The van der Waals surface area contributed by atoms with Crippen molar-refractivity contribution in [2.75, 3.05) is 13.7 Å². The molecule has 5 nitrogen and oxygen atoms in total. The Morgan fingerprint density at radius 3 is 2.95 bits per heavy atom. The number of carboxylic acid groups (broad SMARTS) is 1. The summed E-state index contributed by atoms with van der Waals surface area (Å²) in [4.78, 5) is 14.6. The van der Waals surface area contributed by atoms with Crippen LogP contribution in [0.4, 0.5) is 0 Å². The van der Waals surface area contributed by atoms with Crippen molar-refractivity contribution in [3.63, 3.8) is 0 Å². The van der Waals surface area contributed by atoms with Crippen molar-refractivity contribution in [2.45, 2.75) is 12.5 Å². The first-order chi connectivity index (χ1) is 8.70. The standard InChI is InChI=1S/C13H14N2O3.ClH/c1-18-7-2-3-8-10(4-7)15-11-6-14-5-9(12(8)11)13(16)17;/h2-4,9,14-15H,5-6H2,1H3,(H,16,17);1H. The van der Waals surface area contributed by atoms with Gasteiger partial charge in [0.15, 0.2) is 0 Å². The van der Waals surface area contributed by atoms with E-state index >= 15 is 0 Å². The third-order valence-corrected chi connectivity index (χ3v) is 3.42. The summed E-state index contributed by atoms with van der Waals surface area (Å²) in [5, 5.41) is 13.4. The molecule has 0 saturated heterocycles. The number of aromatic amines is 1. The van der Waals surface area contributed by atoms with E-state index in [9.17, 15) is 9.90 Å². The van der Waals surface area contributed by atoms with Crippen molar-refractivity contribution in [2.24, 2.45) is 0 Å². The third-order valence-electron chi connectivity index (χ3n) is 3.42. The number of hydrogen-bond acceptors (Lipinski definition) is 3. The molecule has 0 saturated carbocycles. The van der Waals surface area contributed by atoms with Crippen molar-refractivity contribution in [3.05, 3.63) is 29.5 Å². The highest BCUT2D eigenvalue weighted by molar-refractivity contribution is 5.92. The van der Waals surface area contributed by atoms with Crippen LogP contribution in [0.5, 0.6) is 5.75 Å². The van der Waals surface area contributed by atoms with Gasteiger partial charge in [-0.3, -0.25) is 4.79 Å². The fourth-order valence-electron chi connectivity index (χ4n) is 2.57. The van der Waals surface area contributed by atoms with Gasteiger partial charge in [-0.25, -0.2) is 0 Å². The first-order valence-corrected chi connectivity index (χ1v) is 5.82. The van der Waals surface area contributed by atoms with E-state index in [2.05, 4.69) is 10.3 Å². The number of hydrogen-bond donors (Lipinski definition) is 3. The molecule has 0 radical (unpaired) electrons. The summed E-state index contributed by atoms with van der Waals surface area (Å²) >= 11 is 0. The van der Waals surface area contributed by atoms with Crippen LogP contribution in [0.2, 0.25) is 0 Å². The second kappa shape index (κ2) is 5.11. The average molecular weight is 283 g/mol. The third kappa shape index (κ3) is 2.15. The van der Waals surface area contributed by atoms with Gasteiger partial charge in [-0.2, -0.15) is 0 Å². The maximum Gasteiger partial charge on any atom is 0.312 e. The molecular formula is C13H15ClN2O3. The molecule has 0 spiro atoms. The van der Waals surface area contributed by atoms with Crippen molar-refractivity contribution >= 4 is 29.3 Å². The molecule has 2 aromatic rings. The van der Waals surface area contributed by atoms with E-state index in [-0.39, 0.29) is 12.4 Å². The highest BCUT2D eigenvalue weighted by Gasteiger charge is 2.29. The summed E-state index contributed by atoms with van der Waals surface area (Å²) in [7, 11) is 1.62. The molecule has 102 valence electrons. The molecule has 3 rings (SSSR count). The van der Waals surface area contributed by atoms with Crippen LogP contribution in [0, 0.1) is 0 Å². The van der Waals surface area contributed by atoms with Gasteiger partial charge < -0.3 is 20.1 Å². The zero-order valence-electron chi connectivity index (χ0n) is 10.4. The molecule has 2 heterocycles. The van der Waals surface area contributed by atoms with E-state index < -0.39 is 11.9 Å². The van der Waals surface area contributed by atoms with Crippen LogP contribution in [0.25, 0.3) is 10.9 Å². The van der Waals surface area contributed by atoms with E-state index in [4.69, 9.17) is 4.74 Å².